The molecule has 0 rings (SSSR count). The molecule has 0 amide bonds. The van der Waals surface area contributed by atoms with Crippen LogP contribution in [0.4, 0.5) is 0 Å². The number of hydrogen-bond acceptors (Lipinski definition) is 1. The maximum Gasteiger partial charge on any atom is 0.251 e. The number of quaternary nitrogens is 2. The van der Waals surface area contributed by atoms with E-state index in [0.29, 0.717) is 0 Å². The van der Waals surface area contributed by atoms with E-state index in [1.165, 1.54) is 0 Å². The Hall–Kier alpha value is 0.170. The van der Waals surface area contributed by atoms with Crippen molar-refractivity contribution in [3.63, 3.8) is 0 Å². The Morgan fingerprint density at radius 3 is 1.36 bits per heavy atom. The second-order valence-corrected chi connectivity index (χ2v) is 4.16. The highest BCUT2D eigenvalue weighted by Gasteiger charge is 2.43. The van der Waals surface area contributed by atoms with Crippen LogP contribution in [-0.4, -0.2) is 16.9 Å². The van der Waals surface area contributed by atoms with Crippen molar-refractivity contribution in [2.24, 2.45) is 0 Å². The van der Waals surface area contributed by atoms with Crippen LogP contribution < -0.4 is 36.3 Å². The van der Waals surface area contributed by atoms with Crippen LogP contribution in [-0.2, 0) is 4.79 Å². The molecule has 0 heterocycles. The maximum atomic E-state index is 11.8. The van der Waals surface area contributed by atoms with Crippen molar-refractivity contribution in [3.05, 3.63) is 0 Å². The van der Waals surface area contributed by atoms with Gasteiger partial charge in [-0.25, -0.2) is 0 Å². The SMILES string of the molecule is CCC(C)([NH3+])C(=O)C(C)([NH3+])CC.[Cl-].[Cl-]. The molecule has 14 heavy (non-hydrogen) atoms. The van der Waals surface area contributed by atoms with Gasteiger partial charge in [-0.3, -0.25) is 4.79 Å². The quantitative estimate of drug-likeness (QED) is 0.508. The van der Waals surface area contributed by atoms with Crippen LogP contribution in [0.3, 0.4) is 0 Å². The van der Waals surface area contributed by atoms with Crippen LogP contribution in [0.5, 0.6) is 0 Å². The van der Waals surface area contributed by atoms with Crippen molar-refractivity contribution in [3.8, 4) is 0 Å². The summed E-state index contributed by atoms with van der Waals surface area (Å²) in [4.78, 5) is 11.8. The van der Waals surface area contributed by atoms with E-state index in [1.807, 2.05) is 27.7 Å². The van der Waals surface area contributed by atoms with Gasteiger partial charge in [0.2, 0.25) is 0 Å². The van der Waals surface area contributed by atoms with Crippen molar-refractivity contribution in [1.29, 1.82) is 0 Å². The third kappa shape index (κ3) is 4.60. The minimum atomic E-state index is -0.466. The summed E-state index contributed by atoms with van der Waals surface area (Å²) in [6.07, 6.45) is 1.55. The predicted octanol–water partition coefficient (Wildman–Crippen LogP) is -6.62. The number of Topliss-reactive ketones (excluding diaryl/α,β-unsaturated/α-hetero) is 1. The van der Waals surface area contributed by atoms with Crippen LogP contribution in [0.1, 0.15) is 40.5 Å². The molecule has 0 aliphatic rings. The molecule has 3 nitrogen and oxygen atoms in total. The first-order chi connectivity index (χ1) is 5.28. The lowest BCUT2D eigenvalue weighted by atomic mass is 9.81. The highest BCUT2D eigenvalue weighted by molar-refractivity contribution is 5.92. The van der Waals surface area contributed by atoms with Crippen LogP contribution in [0.15, 0.2) is 0 Å². The predicted molar refractivity (Wildman–Crippen MR) is 48.2 cm³/mol. The van der Waals surface area contributed by atoms with Gasteiger partial charge in [-0.2, -0.15) is 0 Å². The molecule has 0 aromatic carbocycles. The zero-order valence-electron chi connectivity index (χ0n) is 9.49. The molecule has 5 heteroatoms. The van der Waals surface area contributed by atoms with Gasteiger partial charge in [-0.1, -0.05) is 13.8 Å². The summed E-state index contributed by atoms with van der Waals surface area (Å²) in [6.45, 7) is 7.73. The molecule has 0 saturated heterocycles. The highest BCUT2D eigenvalue weighted by Crippen LogP contribution is 2.14. The maximum absolute atomic E-state index is 11.8. The Morgan fingerprint density at radius 2 is 1.21 bits per heavy atom. The van der Waals surface area contributed by atoms with E-state index in [2.05, 4.69) is 11.5 Å². The first kappa shape index (κ1) is 19.7. The molecule has 88 valence electrons. The standard InChI is InChI=1S/C9H20N2O.2ClH/c1-5-8(3,10)7(12)9(4,11)6-2;;/h5-6,10-11H2,1-4H3;2*1H. The van der Waals surface area contributed by atoms with Gasteiger partial charge in [0.15, 0.2) is 11.1 Å². The molecule has 2 atom stereocenters. The fourth-order valence-corrected chi connectivity index (χ4v) is 1.05. The summed E-state index contributed by atoms with van der Waals surface area (Å²) in [6, 6.07) is 0. The smallest absolute Gasteiger partial charge is 0.251 e. The van der Waals surface area contributed by atoms with Crippen LogP contribution in [0, 0.1) is 0 Å². The summed E-state index contributed by atoms with van der Waals surface area (Å²) in [5.41, 5.74) is 6.89. The molecule has 0 fully saturated rings. The van der Waals surface area contributed by atoms with Crippen molar-refractivity contribution in [2.75, 3.05) is 0 Å². The number of carbonyl (C=O) groups excluding carboxylic acids is 1. The first-order valence-corrected chi connectivity index (χ1v) is 4.53. The molecule has 2 unspecified atom stereocenters. The van der Waals surface area contributed by atoms with Gasteiger partial charge in [0.25, 0.3) is 5.78 Å². The Labute approximate surface area is 98.8 Å². The fourth-order valence-electron chi connectivity index (χ4n) is 1.05. The topological polar surface area (TPSA) is 72.3 Å². The summed E-state index contributed by atoms with van der Waals surface area (Å²) in [5.74, 6) is 0.167. The van der Waals surface area contributed by atoms with Gasteiger partial charge in [0.05, 0.1) is 0 Å². The normalized spacial score (nSPS) is 18.1. The lowest BCUT2D eigenvalue weighted by molar-refractivity contribution is -0.485. The van der Waals surface area contributed by atoms with E-state index in [9.17, 15) is 4.79 Å². The molecule has 0 aromatic rings. The van der Waals surface area contributed by atoms with Crippen molar-refractivity contribution < 1.29 is 41.1 Å². The van der Waals surface area contributed by atoms with Gasteiger partial charge >= 0.3 is 0 Å². The Balaban J connectivity index is -0.000000605. The molecule has 0 aliphatic heterocycles. The second-order valence-electron chi connectivity index (χ2n) is 4.16. The Kier molecular flexibility index (Phi) is 9.31. The van der Waals surface area contributed by atoms with Gasteiger partial charge in [0.1, 0.15) is 0 Å². The molecule has 0 aromatic heterocycles. The monoisotopic (exact) mass is 244 g/mol. The van der Waals surface area contributed by atoms with Crippen molar-refractivity contribution >= 4 is 5.78 Å². The van der Waals surface area contributed by atoms with Crippen LogP contribution >= 0.6 is 0 Å². The van der Waals surface area contributed by atoms with Gasteiger partial charge in [-0.15, -0.1) is 0 Å². The summed E-state index contributed by atoms with van der Waals surface area (Å²) < 4.78 is 0. The van der Waals surface area contributed by atoms with E-state index in [0.717, 1.165) is 12.8 Å². The summed E-state index contributed by atoms with van der Waals surface area (Å²) in [5, 5.41) is 0. The number of hydrogen-bond donors (Lipinski definition) is 2. The highest BCUT2D eigenvalue weighted by atomic mass is 35.5. The fraction of sp³-hybridized carbons (Fsp3) is 0.889. The third-order valence-electron chi connectivity index (χ3n) is 2.66. The minimum Gasteiger partial charge on any atom is -1.00 e. The van der Waals surface area contributed by atoms with Gasteiger partial charge in [-0.05, 0) is 13.8 Å². The third-order valence-corrected chi connectivity index (χ3v) is 2.66. The Bertz CT molecular complexity index is 164. The van der Waals surface area contributed by atoms with E-state index in [-0.39, 0.29) is 30.6 Å². The number of rotatable bonds is 4. The van der Waals surface area contributed by atoms with Crippen LogP contribution in [0.2, 0.25) is 0 Å². The lowest BCUT2D eigenvalue weighted by Gasteiger charge is -2.25. The van der Waals surface area contributed by atoms with Gasteiger partial charge < -0.3 is 36.3 Å². The molecular formula is C9H22Cl2N2O. The second kappa shape index (κ2) is 6.62. The molecule has 0 bridgehead atoms. The lowest BCUT2D eigenvalue weighted by Crippen LogP contribution is -3.00. The molecule has 0 radical (unpaired) electrons. The summed E-state index contributed by atoms with van der Waals surface area (Å²) >= 11 is 0. The van der Waals surface area contributed by atoms with E-state index < -0.39 is 11.1 Å². The molecule has 0 saturated carbocycles. The molecule has 6 N–H and O–H groups in total. The van der Waals surface area contributed by atoms with Crippen molar-refractivity contribution in [1.82, 2.24) is 0 Å². The first-order valence-electron chi connectivity index (χ1n) is 4.53. The average molecular weight is 245 g/mol. The Morgan fingerprint density at radius 1 is 1.00 bits per heavy atom. The average Bonchev–Trinajstić information content (AvgIpc) is 2.03. The molecule has 0 spiro atoms. The molecular weight excluding hydrogens is 223 g/mol. The molecule has 0 aliphatic carbocycles. The zero-order chi connectivity index (χ0) is 9.99. The minimum absolute atomic E-state index is 0. The number of ketones is 1. The van der Waals surface area contributed by atoms with Crippen molar-refractivity contribution in [2.45, 2.75) is 51.6 Å². The summed E-state index contributed by atoms with van der Waals surface area (Å²) in [7, 11) is 0. The van der Waals surface area contributed by atoms with Crippen LogP contribution in [0.25, 0.3) is 0 Å². The number of halogens is 2. The zero-order valence-corrected chi connectivity index (χ0v) is 11.0. The largest absolute Gasteiger partial charge is 1.00 e. The van der Waals surface area contributed by atoms with E-state index >= 15 is 0 Å². The van der Waals surface area contributed by atoms with E-state index in [4.69, 9.17) is 0 Å². The number of carbonyl (C=O) groups is 1. The van der Waals surface area contributed by atoms with Gasteiger partial charge in [0, 0.05) is 12.8 Å². The van der Waals surface area contributed by atoms with E-state index in [1.54, 1.807) is 0 Å².